The molecule has 2 heteroatoms. The summed E-state index contributed by atoms with van der Waals surface area (Å²) < 4.78 is 0. The molecule has 1 unspecified atom stereocenters. The summed E-state index contributed by atoms with van der Waals surface area (Å²) in [6, 6.07) is 6.60. The van der Waals surface area contributed by atoms with Crippen molar-refractivity contribution in [2.45, 2.75) is 44.6 Å². The van der Waals surface area contributed by atoms with Gasteiger partial charge >= 0.3 is 0 Å². The third-order valence-electron chi connectivity index (χ3n) is 4.28. The fraction of sp³-hybridized carbons (Fsp3) is 0.600. The molecule has 0 amide bonds. The Morgan fingerprint density at radius 3 is 2.71 bits per heavy atom. The summed E-state index contributed by atoms with van der Waals surface area (Å²) in [4.78, 5) is 2.63. The van der Waals surface area contributed by atoms with Gasteiger partial charge in [-0.1, -0.05) is 18.6 Å². The number of benzene rings is 1. The number of fused-ring (bicyclic) bond motifs is 1. The molecule has 0 aromatic heterocycles. The Morgan fingerprint density at radius 2 is 1.88 bits per heavy atom. The van der Waals surface area contributed by atoms with Crippen LogP contribution in [0.25, 0.3) is 0 Å². The van der Waals surface area contributed by atoms with Crippen LogP contribution in [0.15, 0.2) is 18.2 Å². The highest BCUT2D eigenvalue weighted by Crippen LogP contribution is 2.38. The number of phenolic OH excluding ortho intramolecular Hbond substituents is 1. The number of hydrogen-bond donors (Lipinski definition) is 1. The zero-order chi connectivity index (χ0) is 11.7. The van der Waals surface area contributed by atoms with Crippen LogP contribution in [-0.4, -0.2) is 23.1 Å². The van der Waals surface area contributed by atoms with Gasteiger partial charge in [-0.25, -0.2) is 0 Å². The Morgan fingerprint density at radius 1 is 1.06 bits per heavy atom. The minimum absolute atomic E-state index is 0.504. The SMILES string of the molecule is Oc1cccc2c1CCCC2N1CCCCC1. The molecule has 1 aromatic rings. The summed E-state index contributed by atoms with van der Waals surface area (Å²) in [5.74, 6) is 0.504. The van der Waals surface area contributed by atoms with Crippen LogP contribution in [0.4, 0.5) is 0 Å². The first-order valence-electron chi connectivity index (χ1n) is 6.91. The minimum Gasteiger partial charge on any atom is -0.508 e. The van der Waals surface area contributed by atoms with Crippen LogP contribution in [-0.2, 0) is 6.42 Å². The van der Waals surface area contributed by atoms with Gasteiger partial charge in [0.1, 0.15) is 5.75 Å². The Balaban J connectivity index is 1.90. The molecule has 1 aliphatic carbocycles. The van der Waals surface area contributed by atoms with Gasteiger partial charge in [-0.2, -0.15) is 0 Å². The van der Waals surface area contributed by atoms with Crippen LogP contribution in [0.2, 0.25) is 0 Å². The van der Waals surface area contributed by atoms with E-state index in [0.717, 1.165) is 6.42 Å². The lowest BCUT2D eigenvalue weighted by Crippen LogP contribution is -2.35. The van der Waals surface area contributed by atoms with E-state index in [1.54, 1.807) is 0 Å². The predicted molar refractivity (Wildman–Crippen MR) is 69.2 cm³/mol. The quantitative estimate of drug-likeness (QED) is 0.802. The van der Waals surface area contributed by atoms with E-state index in [4.69, 9.17) is 0 Å². The third-order valence-corrected chi connectivity index (χ3v) is 4.28. The van der Waals surface area contributed by atoms with E-state index in [0.29, 0.717) is 11.8 Å². The average molecular weight is 231 g/mol. The fourth-order valence-corrected chi connectivity index (χ4v) is 3.41. The molecule has 1 saturated heterocycles. The average Bonchev–Trinajstić information content (AvgIpc) is 2.40. The van der Waals surface area contributed by atoms with Crippen LogP contribution >= 0.6 is 0 Å². The number of hydrogen-bond acceptors (Lipinski definition) is 2. The first-order valence-corrected chi connectivity index (χ1v) is 6.91. The molecule has 0 bridgehead atoms. The molecule has 0 spiro atoms. The summed E-state index contributed by atoms with van der Waals surface area (Å²) in [7, 11) is 0. The van der Waals surface area contributed by atoms with Gasteiger partial charge in [0.15, 0.2) is 0 Å². The number of piperidine rings is 1. The molecule has 92 valence electrons. The standard InChI is InChI=1S/C15H21NO/c17-15-9-5-6-12-13(15)7-4-8-14(12)16-10-2-1-3-11-16/h5-6,9,14,17H,1-4,7-8,10-11H2. The molecule has 1 atom stereocenters. The van der Waals surface area contributed by atoms with Crippen LogP contribution in [0.3, 0.4) is 0 Å². The first-order chi connectivity index (χ1) is 8.36. The Kier molecular flexibility index (Phi) is 3.06. The summed E-state index contributed by atoms with van der Waals surface area (Å²) in [6.07, 6.45) is 7.58. The molecule has 1 N–H and O–H groups in total. The van der Waals surface area contributed by atoms with Gasteiger partial charge in [0.2, 0.25) is 0 Å². The molecule has 1 aromatic carbocycles. The van der Waals surface area contributed by atoms with Crippen molar-refractivity contribution >= 4 is 0 Å². The molecule has 0 radical (unpaired) electrons. The maximum absolute atomic E-state index is 9.95. The molecule has 3 rings (SSSR count). The molecule has 17 heavy (non-hydrogen) atoms. The lowest BCUT2D eigenvalue weighted by molar-refractivity contribution is 0.148. The van der Waals surface area contributed by atoms with Gasteiger partial charge in [0.25, 0.3) is 0 Å². The van der Waals surface area contributed by atoms with Crippen molar-refractivity contribution in [2.75, 3.05) is 13.1 Å². The minimum atomic E-state index is 0.504. The molecule has 2 aliphatic rings. The van der Waals surface area contributed by atoms with Crippen molar-refractivity contribution in [3.05, 3.63) is 29.3 Å². The largest absolute Gasteiger partial charge is 0.508 e. The summed E-state index contributed by atoms with van der Waals surface area (Å²) >= 11 is 0. The highest BCUT2D eigenvalue weighted by Gasteiger charge is 2.27. The van der Waals surface area contributed by atoms with E-state index >= 15 is 0 Å². The van der Waals surface area contributed by atoms with Gasteiger partial charge in [-0.15, -0.1) is 0 Å². The topological polar surface area (TPSA) is 23.5 Å². The monoisotopic (exact) mass is 231 g/mol. The normalized spacial score (nSPS) is 25.5. The third kappa shape index (κ3) is 2.06. The summed E-state index contributed by atoms with van der Waals surface area (Å²) in [6.45, 7) is 2.47. The Bertz CT molecular complexity index is 396. The first kappa shape index (κ1) is 11.1. The van der Waals surface area contributed by atoms with Gasteiger partial charge in [0.05, 0.1) is 0 Å². The molecule has 1 fully saturated rings. The highest BCUT2D eigenvalue weighted by atomic mass is 16.3. The van der Waals surface area contributed by atoms with E-state index in [2.05, 4.69) is 11.0 Å². The maximum Gasteiger partial charge on any atom is 0.119 e. The van der Waals surface area contributed by atoms with Crippen molar-refractivity contribution in [1.29, 1.82) is 0 Å². The van der Waals surface area contributed by atoms with Crippen molar-refractivity contribution in [1.82, 2.24) is 4.90 Å². The number of rotatable bonds is 1. The van der Waals surface area contributed by atoms with Gasteiger partial charge in [-0.3, -0.25) is 4.90 Å². The van der Waals surface area contributed by atoms with Crippen LogP contribution in [0.1, 0.15) is 49.3 Å². The smallest absolute Gasteiger partial charge is 0.119 e. The number of phenols is 1. The lowest BCUT2D eigenvalue weighted by Gasteiger charge is -2.38. The highest BCUT2D eigenvalue weighted by molar-refractivity contribution is 5.42. The summed E-state index contributed by atoms with van der Waals surface area (Å²) in [5, 5.41) is 9.95. The zero-order valence-corrected chi connectivity index (χ0v) is 10.4. The second-order valence-corrected chi connectivity index (χ2v) is 5.35. The molecular weight excluding hydrogens is 210 g/mol. The summed E-state index contributed by atoms with van der Waals surface area (Å²) in [5.41, 5.74) is 2.59. The lowest BCUT2D eigenvalue weighted by atomic mass is 9.85. The van der Waals surface area contributed by atoms with Gasteiger partial charge in [-0.05, 0) is 62.4 Å². The van der Waals surface area contributed by atoms with E-state index in [1.165, 1.54) is 56.3 Å². The van der Waals surface area contributed by atoms with Crippen LogP contribution in [0, 0.1) is 0 Å². The molecule has 1 heterocycles. The van der Waals surface area contributed by atoms with Crippen LogP contribution < -0.4 is 0 Å². The van der Waals surface area contributed by atoms with Crippen molar-refractivity contribution in [3.63, 3.8) is 0 Å². The van der Waals surface area contributed by atoms with E-state index < -0.39 is 0 Å². The predicted octanol–water partition coefficient (Wildman–Crippen LogP) is 3.26. The van der Waals surface area contributed by atoms with E-state index in [-0.39, 0.29) is 0 Å². The Hall–Kier alpha value is -1.02. The fourth-order valence-electron chi connectivity index (χ4n) is 3.41. The van der Waals surface area contributed by atoms with Crippen molar-refractivity contribution in [3.8, 4) is 5.75 Å². The molecular formula is C15H21NO. The van der Waals surface area contributed by atoms with Gasteiger partial charge in [0, 0.05) is 6.04 Å². The van der Waals surface area contributed by atoms with E-state index in [9.17, 15) is 5.11 Å². The van der Waals surface area contributed by atoms with Crippen LogP contribution in [0.5, 0.6) is 5.75 Å². The second-order valence-electron chi connectivity index (χ2n) is 5.35. The zero-order valence-electron chi connectivity index (χ0n) is 10.4. The van der Waals surface area contributed by atoms with Crippen molar-refractivity contribution in [2.24, 2.45) is 0 Å². The molecule has 1 aliphatic heterocycles. The van der Waals surface area contributed by atoms with Gasteiger partial charge < -0.3 is 5.11 Å². The Labute approximate surface area is 103 Å². The maximum atomic E-state index is 9.95. The number of nitrogens with zero attached hydrogens (tertiary/aromatic N) is 1. The van der Waals surface area contributed by atoms with Crippen molar-refractivity contribution < 1.29 is 5.11 Å². The molecule has 0 saturated carbocycles. The number of aromatic hydroxyl groups is 1. The van der Waals surface area contributed by atoms with E-state index in [1.807, 2.05) is 12.1 Å². The number of likely N-dealkylation sites (tertiary alicyclic amines) is 1. The second kappa shape index (κ2) is 4.69. The molecule has 2 nitrogen and oxygen atoms in total.